The molecule has 7 nitrogen and oxygen atoms in total. The summed E-state index contributed by atoms with van der Waals surface area (Å²) in [6.45, 7) is 10.3. The summed E-state index contributed by atoms with van der Waals surface area (Å²) in [4.78, 5) is 32.5. The quantitative estimate of drug-likeness (QED) is 0.772. The summed E-state index contributed by atoms with van der Waals surface area (Å²) in [6, 6.07) is 7.47. The fourth-order valence-corrected chi connectivity index (χ4v) is 3.94. The molecule has 2 aliphatic rings. The van der Waals surface area contributed by atoms with Gasteiger partial charge in [-0.25, -0.2) is 4.79 Å². The van der Waals surface area contributed by atoms with Crippen LogP contribution in [0, 0.1) is 6.92 Å². The van der Waals surface area contributed by atoms with Gasteiger partial charge in [0.15, 0.2) is 11.6 Å². The molecule has 0 radical (unpaired) electrons. The zero-order chi connectivity index (χ0) is 21.5. The first-order valence-electron chi connectivity index (χ1n) is 10.5. The van der Waals surface area contributed by atoms with Crippen LogP contribution in [-0.4, -0.2) is 53.6 Å². The number of nitrogens with zero attached hydrogens (tertiary/aromatic N) is 2. The van der Waals surface area contributed by atoms with Crippen LogP contribution in [0.5, 0.6) is 5.75 Å². The van der Waals surface area contributed by atoms with Gasteiger partial charge in [0.05, 0.1) is 12.1 Å². The standard InChI is InChI=1S/C23H29N3O4/c1-15-13-16(7-8-17(15)22(28)30-23(2,3)4)26-11-12-29-19-14-18(24-20(19)26)21(27)25-9-5-6-10-25/h7-8,13-14,24H,5-6,9-12H2,1-4H3. The van der Waals surface area contributed by atoms with Gasteiger partial charge in [0, 0.05) is 24.8 Å². The fourth-order valence-electron chi connectivity index (χ4n) is 3.94. The summed E-state index contributed by atoms with van der Waals surface area (Å²) in [5.74, 6) is 1.14. The van der Waals surface area contributed by atoms with Crippen molar-refractivity contribution in [1.82, 2.24) is 9.88 Å². The molecule has 0 unspecified atom stereocenters. The van der Waals surface area contributed by atoms with Crippen molar-refractivity contribution in [3.63, 3.8) is 0 Å². The molecule has 0 saturated carbocycles. The Balaban J connectivity index is 1.59. The van der Waals surface area contributed by atoms with Crippen molar-refractivity contribution >= 4 is 23.4 Å². The molecule has 3 heterocycles. The number of hydrogen-bond donors (Lipinski definition) is 1. The zero-order valence-corrected chi connectivity index (χ0v) is 18.1. The van der Waals surface area contributed by atoms with Gasteiger partial charge in [-0.2, -0.15) is 0 Å². The fraction of sp³-hybridized carbons (Fsp3) is 0.478. The maximum Gasteiger partial charge on any atom is 0.338 e. The smallest absolute Gasteiger partial charge is 0.338 e. The van der Waals surface area contributed by atoms with Gasteiger partial charge in [-0.3, -0.25) is 4.79 Å². The second kappa shape index (κ2) is 7.70. The summed E-state index contributed by atoms with van der Waals surface area (Å²) in [7, 11) is 0. The van der Waals surface area contributed by atoms with Gasteiger partial charge in [0.1, 0.15) is 17.9 Å². The van der Waals surface area contributed by atoms with Crippen molar-refractivity contribution in [3.05, 3.63) is 41.1 Å². The third-order valence-electron chi connectivity index (χ3n) is 5.37. The predicted octanol–water partition coefficient (Wildman–Crippen LogP) is 4.04. The summed E-state index contributed by atoms with van der Waals surface area (Å²) in [5.41, 5.74) is 2.35. The lowest BCUT2D eigenvalue weighted by atomic mass is 10.1. The van der Waals surface area contributed by atoms with Crippen LogP contribution in [0.2, 0.25) is 0 Å². The van der Waals surface area contributed by atoms with Crippen LogP contribution >= 0.6 is 0 Å². The second-order valence-corrected chi connectivity index (χ2v) is 8.90. The first kappa shape index (κ1) is 20.3. The molecule has 0 atom stereocenters. The predicted molar refractivity (Wildman–Crippen MR) is 115 cm³/mol. The minimum Gasteiger partial charge on any atom is -0.488 e. The molecule has 30 heavy (non-hydrogen) atoms. The number of likely N-dealkylation sites (tertiary alicyclic amines) is 1. The van der Waals surface area contributed by atoms with E-state index in [1.807, 2.05) is 44.7 Å². The Morgan fingerprint density at radius 2 is 1.83 bits per heavy atom. The number of aromatic amines is 1. The van der Waals surface area contributed by atoms with Crippen LogP contribution in [0.1, 0.15) is 60.0 Å². The number of fused-ring (bicyclic) bond motifs is 1. The Hall–Kier alpha value is -2.96. The summed E-state index contributed by atoms with van der Waals surface area (Å²) >= 11 is 0. The van der Waals surface area contributed by atoms with E-state index in [0.717, 1.165) is 43.0 Å². The number of nitrogens with one attached hydrogen (secondary N) is 1. The van der Waals surface area contributed by atoms with Crippen molar-refractivity contribution in [2.75, 3.05) is 31.1 Å². The molecule has 0 bridgehead atoms. The maximum atomic E-state index is 12.8. The van der Waals surface area contributed by atoms with Gasteiger partial charge < -0.3 is 24.3 Å². The van der Waals surface area contributed by atoms with E-state index in [-0.39, 0.29) is 11.9 Å². The van der Waals surface area contributed by atoms with E-state index in [1.165, 1.54) is 0 Å². The SMILES string of the molecule is Cc1cc(N2CCOc3cc(C(=O)N4CCCC4)[nH]c32)ccc1C(=O)OC(C)(C)C. The van der Waals surface area contributed by atoms with Crippen LogP contribution in [0.3, 0.4) is 0 Å². The Kier molecular flexibility index (Phi) is 5.22. The Labute approximate surface area is 177 Å². The van der Waals surface area contributed by atoms with Crippen molar-refractivity contribution in [2.45, 2.75) is 46.1 Å². The van der Waals surface area contributed by atoms with Crippen LogP contribution in [0.25, 0.3) is 0 Å². The highest BCUT2D eigenvalue weighted by Crippen LogP contribution is 2.37. The lowest BCUT2D eigenvalue weighted by Gasteiger charge is -2.29. The van der Waals surface area contributed by atoms with Gasteiger partial charge in [-0.1, -0.05) is 0 Å². The van der Waals surface area contributed by atoms with E-state index in [4.69, 9.17) is 9.47 Å². The summed E-state index contributed by atoms with van der Waals surface area (Å²) in [5, 5.41) is 0. The van der Waals surface area contributed by atoms with Gasteiger partial charge in [-0.15, -0.1) is 0 Å². The number of hydrogen-bond acceptors (Lipinski definition) is 5. The Bertz CT molecular complexity index is 967. The highest BCUT2D eigenvalue weighted by molar-refractivity contribution is 5.95. The molecule has 7 heteroatoms. The van der Waals surface area contributed by atoms with E-state index in [9.17, 15) is 9.59 Å². The minimum atomic E-state index is -0.538. The molecule has 0 aliphatic carbocycles. The molecule has 2 aromatic rings. The molecule has 1 N–H and O–H groups in total. The first-order chi connectivity index (χ1) is 14.2. The summed E-state index contributed by atoms with van der Waals surface area (Å²) in [6.07, 6.45) is 2.11. The third kappa shape index (κ3) is 4.01. The minimum absolute atomic E-state index is 0.0157. The van der Waals surface area contributed by atoms with Crippen molar-refractivity contribution < 1.29 is 19.1 Å². The number of ether oxygens (including phenoxy) is 2. The van der Waals surface area contributed by atoms with E-state index >= 15 is 0 Å². The number of esters is 1. The lowest BCUT2D eigenvalue weighted by molar-refractivity contribution is 0.00686. The molecular weight excluding hydrogens is 382 g/mol. The molecule has 0 spiro atoms. The van der Waals surface area contributed by atoms with Crippen LogP contribution in [0.4, 0.5) is 11.5 Å². The maximum absolute atomic E-state index is 12.8. The van der Waals surface area contributed by atoms with Crippen molar-refractivity contribution in [3.8, 4) is 5.75 Å². The second-order valence-electron chi connectivity index (χ2n) is 8.90. The largest absolute Gasteiger partial charge is 0.488 e. The molecule has 1 aromatic carbocycles. The van der Waals surface area contributed by atoms with Crippen molar-refractivity contribution in [2.24, 2.45) is 0 Å². The van der Waals surface area contributed by atoms with Crippen LogP contribution in [-0.2, 0) is 4.74 Å². The van der Waals surface area contributed by atoms with E-state index in [1.54, 1.807) is 12.1 Å². The Morgan fingerprint density at radius 3 is 2.50 bits per heavy atom. The number of amides is 1. The molecule has 4 rings (SSSR count). The molecule has 1 fully saturated rings. The third-order valence-corrected chi connectivity index (χ3v) is 5.37. The van der Waals surface area contributed by atoms with E-state index < -0.39 is 5.60 Å². The van der Waals surface area contributed by atoms with Crippen LogP contribution in [0.15, 0.2) is 24.3 Å². The van der Waals surface area contributed by atoms with Gasteiger partial charge >= 0.3 is 5.97 Å². The highest BCUT2D eigenvalue weighted by Gasteiger charge is 2.28. The normalized spacial score (nSPS) is 16.3. The zero-order valence-electron chi connectivity index (χ0n) is 18.1. The number of aromatic nitrogens is 1. The van der Waals surface area contributed by atoms with Gasteiger partial charge in [-0.05, 0) is 64.3 Å². The molecule has 1 aromatic heterocycles. The molecule has 1 saturated heterocycles. The van der Waals surface area contributed by atoms with Gasteiger partial charge in [0.25, 0.3) is 5.91 Å². The number of aryl methyl sites for hydroxylation is 1. The number of carbonyl (C=O) groups is 2. The average Bonchev–Trinajstić information content (AvgIpc) is 3.35. The molecule has 2 aliphatic heterocycles. The monoisotopic (exact) mass is 411 g/mol. The average molecular weight is 412 g/mol. The number of H-pyrrole nitrogens is 1. The number of rotatable bonds is 3. The van der Waals surface area contributed by atoms with E-state index in [2.05, 4.69) is 9.88 Å². The number of anilines is 2. The molecular formula is C23H29N3O4. The lowest BCUT2D eigenvalue weighted by Crippen LogP contribution is -2.29. The first-order valence-corrected chi connectivity index (χ1v) is 10.5. The Morgan fingerprint density at radius 1 is 1.10 bits per heavy atom. The highest BCUT2D eigenvalue weighted by atomic mass is 16.6. The molecule has 1 amide bonds. The van der Waals surface area contributed by atoms with Gasteiger partial charge in [0.2, 0.25) is 0 Å². The van der Waals surface area contributed by atoms with E-state index in [0.29, 0.717) is 30.2 Å². The summed E-state index contributed by atoms with van der Waals surface area (Å²) < 4.78 is 11.3. The van der Waals surface area contributed by atoms with Crippen LogP contribution < -0.4 is 9.64 Å². The number of carbonyl (C=O) groups excluding carboxylic acids is 2. The van der Waals surface area contributed by atoms with Crippen molar-refractivity contribution in [1.29, 1.82) is 0 Å². The molecule has 160 valence electrons. The number of benzene rings is 1. The topological polar surface area (TPSA) is 74.9 Å².